The topological polar surface area (TPSA) is 43.3 Å². The van der Waals surface area contributed by atoms with E-state index in [0.717, 1.165) is 24.2 Å². The number of pyridine rings is 1. The molecule has 0 unspecified atom stereocenters. The minimum absolute atomic E-state index is 0.567. The van der Waals surface area contributed by atoms with Gasteiger partial charge < -0.3 is 10.1 Å². The number of aryl methyl sites for hydroxylation is 1. The zero-order valence-corrected chi connectivity index (χ0v) is 8.54. The zero-order valence-electron chi connectivity index (χ0n) is 7.78. The summed E-state index contributed by atoms with van der Waals surface area (Å²) in [5.74, 6) is 0.982. The van der Waals surface area contributed by atoms with Crippen LogP contribution in [0.5, 0.6) is 0 Å². The van der Waals surface area contributed by atoms with Gasteiger partial charge in [0.2, 0.25) is 0 Å². The van der Waals surface area contributed by atoms with E-state index in [-0.39, 0.29) is 0 Å². The fraction of sp³-hybridized carbons (Fsp3) is 0.300. The van der Waals surface area contributed by atoms with E-state index in [1.54, 1.807) is 0 Å². The Hall–Kier alpha value is -1.06. The Balaban J connectivity index is 2.44. The summed E-state index contributed by atoms with van der Waals surface area (Å²) in [7, 11) is 0. The highest BCUT2D eigenvalue weighted by molar-refractivity contribution is 6.32. The van der Waals surface area contributed by atoms with Crippen LogP contribution < -0.4 is 5.73 Å². The largest absolute Gasteiger partial charge is 0.330 e. The first-order valence-corrected chi connectivity index (χ1v) is 5.02. The van der Waals surface area contributed by atoms with Crippen LogP contribution in [0.4, 0.5) is 0 Å². The van der Waals surface area contributed by atoms with Gasteiger partial charge in [-0.1, -0.05) is 17.7 Å². The quantitative estimate of drug-likeness (QED) is 0.839. The number of hydrogen-bond acceptors (Lipinski definition) is 2. The lowest BCUT2D eigenvalue weighted by atomic mass is 10.3. The van der Waals surface area contributed by atoms with Crippen LogP contribution in [0.1, 0.15) is 12.2 Å². The monoisotopic (exact) mass is 209 g/mol. The van der Waals surface area contributed by atoms with E-state index in [9.17, 15) is 0 Å². The van der Waals surface area contributed by atoms with Gasteiger partial charge in [0.1, 0.15) is 5.82 Å². The van der Waals surface area contributed by atoms with Crippen molar-refractivity contribution in [2.75, 3.05) is 6.54 Å². The van der Waals surface area contributed by atoms with Gasteiger partial charge in [0.25, 0.3) is 0 Å². The van der Waals surface area contributed by atoms with Crippen LogP contribution in [0, 0.1) is 0 Å². The molecule has 74 valence electrons. The minimum atomic E-state index is 0.567. The first kappa shape index (κ1) is 9.49. The number of aromatic nitrogens is 2. The van der Waals surface area contributed by atoms with Crippen molar-refractivity contribution in [3.05, 3.63) is 35.4 Å². The summed E-state index contributed by atoms with van der Waals surface area (Å²) in [6.07, 6.45) is 3.78. The predicted octanol–water partition coefficient (Wildman–Crippen LogP) is 1.88. The number of hydrogen-bond donors (Lipinski definition) is 1. The molecule has 2 heterocycles. The number of imidazole rings is 1. The Morgan fingerprint density at radius 2 is 2.29 bits per heavy atom. The average molecular weight is 210 g/mol. The molecule has 4 heteroatoms. The maximum Gasteiger partial charge on any atom is 0.155 e. The van der Waals surface area contributed by atoms with Crippen LogP contribution in [-0.4, -0.2) is 15.9 Å². The number of nitrogens with zero attached hydrogens (tertiary/aromatic N) is 2. The summed E-state index contributed by atoms with van der Waals surface area (Å²) < 4.78 is 2.01. The Morgan fingerprint density at radius 3 is 3.07 bits per heavy atom. The van der Waals surface area contributed by atoms with Gasteiger partial charge in [-0.25, -0.2) is 4.98 Å². The molecule has 2 aromatic rings. The highest BCUT2D eigenvalue weighted by atomic mass is 35.5. The molecule has 0 amide bonds. The van der Waals surface area contributed by atoms with Crippen molar-refractivity contribution in [1.29, 1.82) is 0 Å². The second kappa shape index (κ2) is 3.98. The summed E-state index contributed by atoms with van der Waals surface area (Å²) in [5, 5.41) is 0.567. The van der Waals surface area contributed by atoms with Crippen LogP contribution in [-0.2, 0) is 6.42 Å². The third kappa shape index (κ3) is 1.61. The second-order valence-electron chi connectivity index (χ2n) is 3.17. The van der Waals surface area contributed by atoms with Gasteiger partial charge in [0.15, 0.2) is 5.15 Å². The van der Waals surface area contributed by atoms with Crippen LogP contribution in [0.25, 0.3) is 5.52 Å². The molecular weight excluding hydrogens is 198 g/mol. The van der Waals surface area contributed by atoms with Crippen LogP contribution in [0.15, 0.2) is 24.4 Å². The lowest BCUT2D eigenvalue weighted by molar-refractivity contribution is 0.778. The van der Waals surface area contributed by atoms with Gasteiger partial charge in [-0.05, 0) is 25.1 Å². The van der Waals surface area contributed by atoms with E-state index in [0.29, 0.717) is 11.7 Å². The smallest absolute Gasteiger partial charge is 0.155 e. The van der Waals surface area contributed by atoms with Crippen molar-refractivity contribution in [1.82, 2.24) is 9.38 Å². The molecule has 0 bridgehead atoms. The van der Waals surface area contributed by atoms with Crippen LogP contribution >= 0.6 is 11.6 Å². The Morgan fingerprint density at radius 1 is 1.43 bits per heavy atom. The van der Waals surface area contributed by atoms with Crippen LogP contribution in [0.3, 0.4) is 0 Å². The molecule has 0 aliphatic carbocycles. The van der Waals surface area contributed by atoms with E-state index in [2.05, 4.69) is 4.98 Å². The maximum atomic E-state index is 5.99. The van der Waals surface area contributed by atoms with Gasteiger partial charge in [0.05, 0.1) is 5.52 Å². The van der Waals surface area contributed by atoms with E-state index in [1.165, 1.54) is 0 Å². The Labute approximate surface area is 87.5 Å². The summed E-state index contributed by atoms with van der Waals surface area (Å²) in [5.41, 5.74) is 6.42. The molecule has 0 radical (unpaired) electrons. The molecule has 2 N–H and O–H groups in total. The van der Waals surface area contributed by atoms with Crippen molar-refractivity contribution >= 4 is 17.1 Å². The first-order chi connectivity index (χ1) is 6.83. The zero-order chi connectivity index (χ0) is 9.97. The van der Waals surface area contributed by atoms with E-state index < -0.39 is 0 Å². The highest BCUT2D eigenvalue weighted by Gasteiger charge is 2.07. The number of halogens is 1. The van der Waals surface area contributed by atoms with E-state index in [4.69, 9.17) is 17.3 Å². The number of fused-ring (bicyclic) bond motifs is 1. The van der Waals surface area contributed by atoms with E-state index in [1.807, 2.05) is 28.8 Å². The van der Waals surface area contributed by atoms with Gasteiger partial charge in [-0.2, -0.15) is 0 Å². The highest BCUT2D eigenvalue weighted by Crippen LogP contribution is 2.18. The van der Waals surface area contributed by atoms with Gasteiger partial charge in [0, 0.05) is 12.6 Å². The SMILES string of the molecule is NCCCc1nc(Cl)c2ccccn12. The molecule has 0 spiro atoms. The Bertz CT molecular complexity index is 436. The molecule has 0 aliphatic heterocycles. The summed E-state index contributed by atoms with van der Waals surface area (Å²) in [6.45, 7) is 0.680. The van der Waals surface area contributed by atoms with Crippen molar-refractivity contribution in [3.63, 3.8) is 0 Å². The van der Waals surface area contributed by atoms with Crippen molar-refractivity contribution in [2.24, 2.45) is 5.73 Å². The Kier molecular flexibility index (Phi) is 2.70. The standard InChI is InChI=1S/C10H12ClN3/c11-10-8-4-1-2-7-14(8)9(13-10)5-3-6-12/h1-2,4,7H,3,5-6,12H2. The second-order valence-corrected chi connectivity index (χ2v) is 3.52. The molecule has 0 aliphatic rings. The summed E-state index contributed by atoms with van der Waals surface area (Å²) >= 11 is 5.99. The number of rotatable bonds is 3. The fourth-order valence-electron chi connectivity index (χ4n) is 1.50. The van der Waals surface area contributed by atoms with Gasteiger partial charge >= 0.3 is 0 Å². The summed E-state index contributed by atoms with van der Waals surface area (Å²) in [6, 6.07) is 5.88. The lowest BCUT2D eigenvalue weighted by Gasteiger charge is -1.98. The fourth-order valence-corrected chi connectivity index (χ4v) is 1.75. The first-order valence-electron chi connectivity index (χ1n) is 4.64. The molecule has 0 saturated heterocycles. The molecule has 3 nitrogen and oxygen atoms in total. The third-order valence-electron chi connectivity index (χ3n) is 2.18. The summed E-state index contributed by atoms with van der Waals surface area (Å²) in [4.78, 5) is 4.30. The normalized spacial score (nSPS) is 11.0. The minimum Gasteiger partial charge on any atom is -0.330 e. The third-order valence-corrected chi connectivity index (χ3v) is 2.46. The molecule has 0 saturated carbocycles. The van der Waals surface area contributed by atoms with Crippen molar-refractivity contribution in [3.8, 4) is 0 Å². The molecule has 2 aromatic heterocycles. The van der Waals surface area contributed by atoms with Gasteiger partial charge in [-0.3, -0.25) is 0 Å². The maximum absolute atomic E-state index is 5.99. The molecule has 0 atom stereocenters. The number of nitrogens with two attached hydrogens (primary N) is 1. The lowest BCUT2D eigenvalue weighted by Crippen LogP contribution is -2.02. The van der Waals surface area contributed by atoms with Crippen molar-refractivity contribution in [2.45, 2.75) is 12.8 Å². The molecular formula is C10H12ClN3. The van der Waals surface area contributed by atoms with E-state index >= 15 is 0 Å². The molecule has 14 heavy (non-hydrogen) atoms. The predicted molar refractivity (Wildman–Crippen MR) is 57.6 cm³/mol. The molecule has 2 rings (SSSR count). The van der Waals surface area contributed by atoms with Crippen molar-refractivity contribution < 1.29 is 0 Å². The molecule has 0 aromatic carbocycles. The van der Waals surface area contributed by atoms with Gasteiger partial charge in [-0.15, -0.1) is 0 Å². The van der Waals surface area contributed by atoms with Crippen LogP contribution in [0.2, 0.25) is 5.15 Å². The molecule has 0 fully saturated rings. The average Bonchev–Trinajstić information content (AvgIpc) is 2.54.